The van der Waals surface area contributed by atoms with Crippen molar-refractivity contribution >= 4 is 39.1 Å². The Bertz CT molecular complexity index is 625. The molecule has 0 atom stereocenters. The van der Waals surface area contributed by atoms with E-state index in [1.807, 2.05) is 6.92 Å². The Morgan fingerprint density at radius 1 is 1.26 bits per heavy atom. The van der Waals surface area contributed by atoms with Crippen LogP contribution in [0.3, 0.4) is 0 Å². The fraction of sp³-hybridized carbons (Fsp3) is 0.0714. The van der Waals surface area contributed by atoms with Gasteiger partial charge < -0.3 is 5.32 Å². The highest BCUT2D eigenvalue weighted by Crippen LogP contribution is 2.24. The van der Waals surface area contributed by atoms with Crippen LogP contribution in [0.25, 0.3) is 0 Å². The lowest BCUT2D eigenvalue weighted by atomic mass is 10.1. The average Bonchev–Trinajstić information content (AvgIpc) is 2.32. The number of benzene rings is 2. The Hall–Kier alpha value is -1.39. The molecule has 0 aromatic heterocycles. The van der Waals surface area contributed by atoms with E-state index in [1.165, 1.54) is 18.2 Å². The van der Waals surface area contributed by atoms with E-state index in [9.17, 15) is 9.18 Å². The van der Waals surface area contributed by atoms with Crippen LogP contribution in [0.5, 0.6) is 0 Å². The minimum atomic E-state index is -0.416. The molecule has 0 fully saturated rings. The van der Waals surface area contributed by atoms with Crippen molar-refractivity contribution < 1.29 is 9.18 Å². The molecule has 0 aliphatic heterocycles. The van der Waals surface area contributed by atoms with Gasteiger partial charge in [-0.2, -0.15) is 0 Å². The molecule has 1 N–H and O–H groups in total. The van der Waals surface area contributed by atoms with Crippen molar-refractivity contribution in [3.8, 4) is 0 Å². The zero-order valence-electron chi connectivity index (χ0n) is 10.0. The Balaban J connectivity index is 2.28. The van der Waals surface area contributed by atoms with Crippen molar-refractivity contribution in [3.63, 3.8) is 0 Å². The van der Waals surface area contributed by atoms with Crippen molar-refractivity contribution in [2.24, 2.45) is 0 Å². The van der Waals surface area contributed by atoms with Gasteiger partial charge >= 0.3 is 0 Å². The Morgan fingerprint density at radius 2 is 2.00 bits per heavy atom. The zero-order valence-corrected chi connectivity index (χ0v) is 12.3. The molecule has 2 nitrogen and oxygen atoms in total. The maximum atomic E-state index is 13.1. The van der Waals surface area contributed by atoms with Gasteiger partial charge in [-0.05, 0) is 64.8 Å². The van der Waals surface area contributed by atoms with Gasteiger partial charge in [0.15, 0.2) is 0 Å². The van der Waals surface area contributed by atoms with E-state index in [1.54, 1.807) is 18.2 Å². The predicted octanol–water partition coefficient (Wildman–Crippen LogP) is 4.80. The van der Waals surface area contributed by atoms with Gasteiger partial charge in [-0.1, -0.05) is 11.6 Å². The van der Waals surface area contributed by atoms with Gasteiger partial charge in [0.05, 0.1) is 5.69 Å². The molecule has 2 rings (SSSR count). The topological polar surface area (TPSA) is 29.1 Å². The second-order valence-electron chi connectivity index (χ2n) is 4.10. The van der Waals surface area contributed by atoms with E-state index < -0.39 is 5.82 Å². The van der Waals surface area contributed by atoms with Crippen LogP contribution in [0, 0.1) is 12.7 Å². The van der Waals surface area contributed by atoms with Crippen LogP contribution >= 0.6 is 27.5 Å². The van der Waals surface area contributed by atoms with Crippen molar-refractivity contribution in [2.45, 2.75) is 6.92 Å². The highest BCUT2D eigenvalue weighted by Gasteiger charge is 2.10. The van der Waals surface area contributed by atoms with Gasteiger partial charge in [-0.25, -0.2) is 4.39 Å². The Morgan fingerprint density at radius 3 is 2.68 bits per heavy atom. The summed E-state index contributed by atoms with van der Waals surface area (Å²) in [6.07, 6.45) is 0. The van der Waals surface area contributed by atoms with E-state index in [4.69, 9.17) is 11.6 Å². The Labute approximate surface area is 123 Å². The average molecular weight is 343 g/mol. The quantitative estimate of drug-likeness (QED) is 0.834. The molecule has 0 radical (unpaired) electrons. The van der Waals surface area contributed by atoms with Gasteiger partial charge in [-0.3, -0.25) is 4.79 Å². The molecule has 5 heteroatoms. The van der Waals surface area contributed by atoms with Crippen molar-refractivity contribution in [1.29, 1.82) is 0 Å². The molecule has 19 heavy (non-hydrogen) atoms. The molecule has 0 spiro atoms. The normalized spacial score (nSPS) is 10.3. The number of carbonyl (C=O) groups excluding carboxylic acids is 1. The third kappa shape index (κ3) is 3.55. The number of hydrogen-bond donors (Lipinski definition) is 1. The van der Waals surface area contributed by atoms with Crippen LogP contribution in [0.4, 0.5) is 10.1 Å². The number of amides is 1. The fourth-order valence-electron chi connectivity index (χ4n) is 1.66. The first-order valence-electron chi connectivity index (χ1n) is 5.49. The first kappa shape index (κ1) is 14.0. The van der Waals surface area contributed by atoms with Crippen molar-refractivity contribution in [2.75, 3.05) is 5.32 Å². The molecule has 0 bridgehead atoms. The summed E-state index contributed by atoms with van der Waals surface area (Å²) < 4.78 is 13.7. The van der Waals surface area contributed by atoms with Gasteiger partial charge in [0, 0.05) is 15.1 Å². The van der Waals surface area contributed by atoms with Crippen LogP contribution in [0.15, 0.2) is 40.9 Å². The lowest BCUT2D eigenvalue weighted by molar-refractivity contribution is 0.102. The van der Waals surface area contributed by atoms with Gasteiger partial charge in [-0.15, -0.1) is 0 Å². The maximum Gasteiger partial charge on any atom is 0.255 e. The molecule has 0 aliphatic carbocycles. The number of anilines is 1. The highest BCUT2D eigenvalue weighted by molar-refractivity contribution is 9.10. The number of halogens is 3. The number of hydrogen-bond acceptors (Lipinski definition) is 1. The molecule has 98 valence electrons. The van der Waals surface area contributed by atoms with Crippen molar-refractivity contribution in [1.82, 2.24) is 0 Å². The number of nitrogens with one attached hydrogen (secondary N) is 1. The second kappa shape index (κ2) is 5.72. The van der Waals surface area contributed by atoms with E-state index in [2.05, 4.69) is 21.2 Å². The molecular weight excluding hydrogens is 333 g/mol. The van der Waals surface area contributed by atoms with E-state index in [0.717, 1.165) is 5.56 Å². The number of aryl methyl sites for hydroxylation is 1. The summed E-state index contributed by atoms with van der Waals surface area (Å²) in [6, 6.07) is 9.14. The highest BCUT2D eigenvalue weighted by atomic mass is 79.9. The fourth-order valence-corrected chi connectivity index (χ4v) is 2.29. The molecule has 0 saturated carbocycles. The van der Waals surface area contributed by atoms with Crippen LogP contribution in [-0.4, -0.2) is 5.91 Å². The summed E-state index contributed by atoms with van der Waals surface area (Å²) >= 11 is 9.16. The summed E-state index contributed by atoms with van der Waals surface area (Å²) in [4.78, 5) is 12.1. The van der Waals surface area contributed by atoms with E-state index >= 15 is 0 Å². The van der Waals surface area contributed by atoms with Gasteiger partial charge in [0.25, 0.3) is 5.91 Å². The molecule has 0 unspecified atom stereocenters. The SMILES string of the molecule is Cc1cc(Cl)cc(C(=O)Nc2cc(F)ccc2Br)c1. The molecular formula is C14H10BrClFNO. The van der Waals surface area contributed by atoms with E-state index in [0.29, 0.717) is 20.7 Å². The summed E-state index contributed by atoms with van der Waals surface area (Å²) in [5.74, 6) is -0.752. The van der Waals surface area contributed by atoms with Crippen LogP contribution in [0.2, 0.25) is 5.02 Å². The van der Waals surface area contributed by atoms with Gasteiger partial charge in [0.2, 0.25) is 0 Å². The largest absolute Gasteiger partial charge is 0.321 e. The van der Waals surface area contributed by atoms with Crippen molar-refractivity contribution in [3.05, 3.63) is 62.8 Å². The maximum absolute atomic E-state index is 13.1. The van der Waals surface area contributed by atoms with Crippen LogP contribution in [0.1, 0.15) is 15.9 Å². The van der Waals surface area contributed by atoms with Crippen LogP contribution in [-0.2, 0) is 0 Å². The third-order valence-electron chi connectivity index (χ3n) is 2.48. The molecule has 0 heterocycles. The zero-order chi connectivity index (χ0) is 14.0. The molecule has 0 saturated heterocycles. The second-order valence-corrected chi connectivity index (χ2v) is 5.39. The summed E-state index contributed by atoms with van der Waals surface area (Å²) in [6.45, 7) is 1.85. The molecule has 2 aromatic rings. The minimum Gasteiger partial charge on any atom is -0.321 e. The molecule has 0 aliphatic rings. The lowest BCUT2D eigenvalue weighted by Gasteiger charge is -2.08. The van der Waals surface area contributed by atoms with Crippen LogP contribution < -0.4 is 5.32 Å². The molecule has 2 aromatic carbocycles. The lowest BCUT2D eigenvalue weighted by Crippen LogP contribution is -2.12. The predicted molar refractivity (Wildman–Crippen MR) is 78.2 cm³/mol. The number of carbonyl (C=O) groups is 1. The first-order chi connectivity index (χ1) is 8.95. The third-order valence-corrected chi connectivity index (χ3v) is 3.39. The first-order valence-corrected chi connectivity index (χ1v) is 6.66. The minimum absolute atomic E-state index is 0.336. The standard InChI is InChI=1S/C14H10BrClFNO/c1-8-4-9(6-10(16)5-8)14(19)18-13-7-11(17)2-3-12(13)15/h2-7H,1H3,(H,18,19). The van der Waals surface area contributed by atoms with E-state index in [-0.39, 0.29) is 5.91 Å². The Kier molecular flexibility index (Phi) is 4.22. The smallest absolute Gasteiger partial charge is 0.255 e. The summed E-state index contributed by atoms with van der Waals surface area (Å²) in [7, 11) is 0. The monoisotopic (exact) mass is 341 g/mol. The molecule has 1 amide bonds. The van der Waals surface area contributed by atoms with Gasteiger partial charge in [0.1, 0.15) is 5.82 Å². The summed E-state index contributed by atoms with van der Waals surface area (Å²) in [5.41, 5.74) is 1.69. The number of rotatable bonds is 2. The summed E-state index contributed by atoms with van der Waals surface area (Å²) in [5, 5.41) is 3.13.